The van der Waals surface area contributed by atoms with Crippen LogP contribution in [0.3, 0.4) is 0 Å². The topological polar surface area (TPSA) is 54.4 Å². The first-order valence-electron chi connectivity index (χ1n) is 5.12. The zero-order valence-electron chi connectivity index (χ0n) is 8.85. The Morgan fingerprint density at radius 3 is 2.81 bits per heavy atom. The molecule has 2 atom stereocenters. The van der Waals surface area contributed by atoms with Crippen LogP contribution in [0.1, 0.15) is 18.9 Å². The highest BCUT2D eigenvalue weighted by Gasteiger charge is 2.38. The van der Waals surface area contributed by atoms with Gasteiger partial charge in [-0.15, -0.1) is 0 Å². The third kappa shape index (κ3) is 1.92. The van der Waals surface area contributed by atoms with Gasteiger partial charge in [0, 0.05) is 4.47 Å². The predicted molar refractivity (Wildman–Crippen MR) is 65.1 cm³/mol. The Bertz CT molecular complexity index is 508. The molecule has 1 aliphatic heterocycles. The van der Waals surface area contributed by atoms with Gasteiger partial charge in [-0.1, -0.05) is 22.0 Å². The summed E-state index contributed by atoms with van der Waals surface area (Å²) in [6.07, 6.45) is 0.195. The van der Waals surface area contributed by atoms with E-state index in [1.165, 1.54) is 0 Å². The first-order chi connectivity index (χ1) is 7.43. The number of hydrogen-bond acceptors (Lipinski definition) is 3. The highest BCUT2D eigenvalue weighted by Crippen LogP contribution is 2.37. The van der Waals surface area contributed by atoms with Crippen LogP contribution in [-0.2, 0) is 16.3 Å². The molecule has 1 aromatic rings. The van der Waals surface area contributed by atoms with Crippen LogP contribution in [-0.4, -0.2) is 24.9 Å². The van der Waals surface area contributed by atoms with E-state index in [1.54, 1.807) is 19.1 Å². The van der Waals surface area contributed by atoms with Crippen LogP contribution in [0, 0.1) is 0 Å². The lowest BCUT2D eigenvalue weighted by atomic mass is 10.1. The second-order valence-corrected chi connectivity index (χ2v) is 7.22. The number of aliphatic hydroxyl groups excluding tert-OH is 1. The lowest BCUT2D eigenvalue weighted by Crippen LogP contribution is -2.22. The van der Waals surface area contributed by atoms with Gasteiger partial charge >= 0.3 is 0 Å². The maximum atomic E-state index is 12.1. The summed E-state index contributed by atoms with van der Waals surface area (Å²) in [5, 5.41) is 8.83. The Labute approximate surface area is 104 Å². The summed E-state index contributed by atoms with van der Waals surface area (Å²) in [4.78, 5) is 0.410. The number of hydrogen-bond donors (Lipinski definition) is 1. The van der Waals surface area contributed by atoms with Gasteiger partial charge in [-0.2, -0.15) is 0 Å². The largest absolute Gasteiger partial charge is 0.393 e. The molecule has 5 heteroatoms. The van der Waals surface area contributed by atoms with Crippen LogP contribution in [0.15, 0.2) is 27.6 Å². The molecular weight excluding hydrogens is 292 g/mol. The quantitative estimate of drug-likeness (QED) is 0.908. The van der Waals surface area contributed by atoms with Crippen molar-refractivity contribution in [3.05, 3.63) is 28.2 Å². The van der Waals surface area contributed by atoms with E-state index < -0.39 is 21.2 Å². The van der Waals surface area contributed by atoms with E-state index >= 15 is 0 Å². The Balaban J connectivity index is 2.46. The average Bonchev–Trinajstić information content (AvgIpc) is 2.41. The Hall–Kier alpha value is -0.390. The van der Waals surface area contributed by atoms with Crippen LogP contribution < -0.4 is 0 Å². The van der Waals surface area contributed by atoms with Crippen molar-refractivity contribution in [3.63, 3.8) is 0 Å². The third-order valence-corrected chi connectivity index (χ3v) is 5.83. The summed E-state index contributed by atoms with van der Waals surface area (Å²) in [6.45, 7) is 1.62. The van der Waals surface area contributed by atoms with Gasteiger partial charge in [0.25, 0.3) is 0 Å². The van der Waals surface area contributed by atoms with Crippen LogP contribution >= 0.6 is 15.9 Å². The molecule has 16 heavy (non-hydrogen) atoms. The van der Waals surface area contributed by atoms with Gasteiger partial charge in [-0.05, 0) is 37.5 Å². The second-order valence-electron chi connectivity index (χ2n) is 4.17. The van der Waals surface area contributed by atoms with Crippen molar-refractivity contribution < 1.29 is 13.5 Å². The van der Waals surface area contributed by atoms with E-state index in [9.17, 15) is 13.5 Å². The van der Waals surface area contributed by atoms with E-state index in [0.717, 1.165) is 10.0 Å². The molecule has 0 saturated heterocycles. The van der Waals surface area contributed by atoms with E-state index in [4.69, 9.17) is 0 Å². The Morgan fingerprint density at radius 2 is 2.25 bits per heavy atom. The molecule has 0 saturated carbocycles. The van der Waals surface area contributed by atoms with E-state index in [2.05, 4.69) is 15.9 Å². The van der Waals surface area contributed by atoms with Crippen molar-refractivity contribution in [2.75, 3.05) is 0 Å². The fourth-order valence-corrected chi connectivity index (χ4v) is 4.85. The van der Waals surface area contributed by atoms with Crippen molar-refractivity contribution in [2.24, 2.45) is 0 Å². The van der Waals surface area contributed by atoms with Crippen molar-refractivity contribution in [1.29, 1.82) is 0 Å². The third-order valence-electron chi connectivity index (χ3n) is 2.86. The summed E-state index contributed by atoms with van der Waals surface area (Å²) in [7, 11) is -3.25. The normalized spacial score (nSPS) is 24.1. The fourth-order valence-electron chi connectivity index (χ4n) is 2.11. The van der Waals surface area contributed by atoms with Gasteiger partial charge in [0.15, 0.2) is 9.84 Å². The van der Waals surface area contributed by atoms with Crippen LogP contribution in [0.25, 0.3) is 0 Å². The first-order valence-corrected chi connectivity index (χ1v) is 7.46. The maximum absolute atomic E-state index is 12.1. The molecule has 0 aromatic heterocycles. The molecule has 1 aliphatic rings. The zero-order valence-corrected chi connectivity index (χ0v) is 11.3. The summed E-state index contributed by atoms with van der Waals surface area (Å²) in [5.41, 5.74) is 0.841. The SMILES string of the molecule is CC(O)CC1Cc2c(Br)cccc2S1(=O)=O. The molecule has 1 N–H and O–H groups in total. The fraction of sp³-hybridized carbons (Fsp3) is 0.455. The van der Waals surface area contributed by atoms with Crippen molar-refractivity contribution in [1.82, 2.24) is 0 Å². The van der Waals surface area contributed by atoms with Gasteiger partial charge < -0.3 is 5.11 Å². The molecule has 0 radical (unpaired) electrons. The number of benzene rings is 1. The second kappa shape index (κ2) is 4.13. The standard InChI is InChI=1S/C11H13BrO3S/c1-7(13)5-8-6-9-10(12)3-2-4-11(9)16(8,14)15/h2-4,7-8,13H,5-6H2,1H3. The molecule has 1 aromatic carbocycles. The predicted octanol–water partition coefficient (Wildman–Crippen LogP) is 1.92. The number of rotatable bonds is 2. The molecule has 3 nitrogen and oxygen atoms in total. The molecule has 1 heterocycles. The van der Waals surface area contributed by atoms with Crippen molar-refractivity contribution >= 4 is 25.8 Å². The van der Waals surface area contributed by atoms with Crippen LogP contribution in [0.5, 0.6) is 0 Å². The van der Waals surface area contributed by atoms with Gasteiger partial charge in [0.2, 0.25) is 0 Å². The minimum absolute atomic E-state index is 0.295. The van der Waals surface area contributed by atoms with E-state index in [0.29, 0.717) is 17.7 Å². The molecule has 88 valence electrons. The summed E-state index contributed by atoms with van der Waals surface area (Å²) in [5.74, 6) is 0. The molecule has 0 spiro atoms. The van der Waals surface area contributed by atoms with Crippen LogP contribution in [0.4, 0.5) is 0 Å². The first kappa shape index (κ1) is 12.1. The molecular formula is C11H13BrO3S. The van der Waals surface area contributed by atoms with Gasteiger partial charge in [-0.3, -0.25) is 0 Å². The minimum atomic E-state index is -3.25. The summed E-state index contributed by atoms with van der Waals surface area (Å²) < 4.78 is 25.1. The van der Waals surface area contributed by atoms with E-state index in [-0.39, 0.29) is 0 Å². The number of halogens is 1. The summed E-state index contributed by atoms with van der Waals surface area (Å²) in [6, 6.07) is 5.21. The molecule has 0 amide bonds. The Kier molecular flexibility index (Phi) is 3.11. The molecule has 0 fully saturated rings. The van der Waals surface area contributed by atoms with Gasteiger partial charge in [0.1, 0.15) is 0 Å². The maximum Gasteiger partial charge on any atom is 0.181 e. The monoisotopic (exact) mass is 304 g/mol. The van der Waals surface area contributed by atoms with E-state index in [1.807, 2.05) is 6.07 Å². The molecule has 0 bridgehead atoms. The lowest BCUT2D eigenvalue weighted by molar-refractivity contribution is 0.183. The average molecular weight is 305 g/mol. The number of aliphatic hydroxyl groups is 1. The number of sulfone groups is 1. The molecule has 0 aliphatic carbocycles. The van der Waals surface area contributed by atoms with Crippen molar-refractivity contribution in [3.8, 4) is 0 Å². The number of fused-ring (bicyclic) bond motifs is 1. The smallest absolute Gasteiger partial charge is 0.181 e. The molecule has 2 rings (SSSR count). The van der Waals surface area contributed by atoms with Gasteiger partial charge in [-0.25, -0.2) is 8.42 Å². The van der Waals surface area contributed by atoms with Gasteiger partial charge in [0.05, 0.1) is 16.2 Å². The minimum Gasteiger partial charge on any atom is -0.393 e. The summed E-state index contributed by atoms with van der Waals surface area (Å²) >= 11 is 3.37. The Morgan fingerprint density at radius 1 is 1.56 bits per heavy atom. The highest BCUT2D eigenvalue weighted by atomic mass is 79.9. The highest BCUT2D eigenvalue weighted by molar-refractivity contribution is 9.10. The zero-order chi connectivity index (χ0) is 11.9. The van der Waals surface area contributed by atoms with Crippen molar-refractivity contribution in [2.45, 2.75) is 36.0 Å². The van der Waals surface area contributed by atoms with Crippen LogP contribution in [0.2, 0.25) is 0 Å². The lowest BCUT2D eigenvalue weighted by Gasteiger charge is -2.10. The molecule has 2 unspecified atom stereocenters.